The Hall–Kier alpha value is -1.84. The topological polar surface area (TPSA) is 43.8 Å². The van der Waals surface area contributed by atoms with Crippen LogP contribution in [0.2, 0.25) is 0 Å². The summed E-state index contributed by atoms with van der Waals surface area (Å²) in [4.78, 5) is 0. The summed E-state index contributed by atoms with van der Waals surface area (Å²) < 4.78 is 15.1. The molecule has 0 radical (unpaired) electrons. The number of nitrogen functional groups attached to an aromatic ring is 1. The van der Waals surface area contributed by atoms with E-state index in [-0.39, 0.29) is 5.82 Å². The standard InChI is InChI=1S/C13H14FN3/c1-8-7-9(5-6-11(8)14)17-12-4-2-3-10(12)13(15)16-17/h5-7H,2-4H2,1H3,(H2,15,16). The summed E-state index contributed by atoms with van der Waals surface area (Å²) in [6, 6.07) is 5.03. The molecule has 1 aliphatic carbocycles. The van der Waals surface area contributed by atoms with E-state index in [2.05, 4.69) is 5.10 Å². The number of halogens is 1. The van der Waals surface area contributed by atoms with Crippen molar-refractivity contribution >= 4 is 5.82 Å². The predicted octanol–water partition coefficient (Wildman–Crippen LogP) is 2.39. The number of nitrogens with zero attached hydrogens (tertiary/aromatic N) is 2. The molecule has 88 valence electrons. The monoisotopic (exact) mass is 231 g/mol. The summed E-state index contributed by atoms with van der Waals surface area (Å²) in [5.41, 5.74) is 9.74. The maximum atomic E-state index is 13.2. The van der Waals surface area contributed by atoms with Crippen molar-refractivity contribution in [3.8, 4) is 5.69 Å². The molecular formula is C13H14FN3. The summed E-state index contributed by atoms with van der Waals surface area (Å²) >= 11 is 0. The van der Waals surface area contributed by atoms with Gasteiger partial charge >= 0.3 is 0 Å². The van der Waals surface area contributed by atoms with Crippen molar-refractivity contribution in [1.29, 1.82) is 0 Å². The number of nitrogens with two attached hydrogens (primary N) is 1. The average molecular weight is 231 g/mol. The lowest BCUT2D eigenvalue weighted by molar-refractivity contribution is 0.617. The molecule has 4 heteroatoms. The van der Waals surface area contributed by atoms with Crippen molar-refractivity contribution in [1.82, 2.24) is 9.78 Å². The second kappa shape index (κ2) is 3.58. The molecule has 1 aromatic heterocycles. The number of anilines is 1. The summed E-state index contributed by atoms with van der Waals surface area (Å²) in [6.45, 7) is 1.76. The Labute approximate surface area is 99.1 Å². The van der Waals surface area contributed by atoms with Crippen LogP contribution in [0.25, 0.3) is 5.69 Å². The van der Waals surface area contributed by atoms with Crippen LogP contribution in [-0.2, 0) is 12.8 Å². The van der Waals surface area contributed by atoms with Crippen LogP contribution in [0.15, 0.2) is 18.2 Å². The van der Waals surface area contributed by atoms with E-state index in [1.165, 1.54) is 11.8 Å². The second-order valence-electron chi connectivity index (χ2n) is 4.51. The van der Waals surface area contributed by atoms with Crippen molar-refractivity contribution in [2.45, 2.75) is 26.2 Å². The molecule has 3 rings (SSSR count). The number of rotatable bonds is 1. The third-order valence-electron chi connectivity index (χ3n) is 3.35. The van der Waals surface area contributed by atoms with Crippen molar-refractivity contribution in [3.63, 3.8) is 0 Å². The quantitative estimate of drug-likeness (QED) is 0.819. The van der Waals surface area contributed by atoms with Crippen molar-refractivity contribution < 1.29 is 4.39 Å². The normalized spacial score (nSPS) is 14.0. The maximum absolute atomic E-state index is 13.2. The molecule has 17 heavy (non-hydrogen) atoms. The van der Waals surface area contributed by atoms with Gasteiger partial charge in [-0.2, -0.15) is 5.10 Å². The summed E-state index contributed by atoms with van der Waals surface area (Å²) in [6.07, 6.45) is 3.12. The van der Waals surface area contributed by atoms with Crippen LogP contribution < -0.4 is 5.73 Å². The Morgan fingerprint density at radius 2 is 2.18 bits per heavy atom. The highest BCUT2D eigenvalue weighted by atomic mass is 19.1. The molecule has 3 nitrogen and oxygen atoms in total. The number of fused-ring (bicyclic) bond motifs is 1. The second-order valence-corrected chi connectivity index (χ2v) is 4.51. The van der Waals surface area contributed by atoms with E-state index in [1.54, 1.807) is 19.1 Å². The molecular weight excluding hydrogens is 217 g/mol. The fraction of sp³-hybridized carbons (Fsp3) is 0.308. The maximum Gasteiger partial charge on any atom is 0.149 e. The van der Waals surface area contributed by atoms with Crippen LogP contribution in [0.1, 0.15) is 23.2 Å². The number of benzene rings is 1. The minimum atomic E-state index is -0.189. The third kappa shape index (κ3) is 1.52. The van der Waals surface area contributed by atoms with Gasteiger partial charge in [0.1, 0.15) is 11.6 Å². The van der Waals surface area contributed by atoms with Crippen molar-refractivity contribution in [2.24, 2.45) is 0 Å². The largest absolute Gasteiger partial charge is 0.382 e. The average Bonchev–Trinajstić information content (AvgIpc) is 2.87. The van der Waals surface area contributed by atoms with Crippen LogP contribution >= 0.6 is 0 Å². The number of hydrogen-bond donors (Lipinski definition) is 1. The van der Waals surface area contributed by atoms with E-state index in [1.807, 2.05) is 4.68 Å². The highest BCUT2D eigenvalue weighted by molar-refractivity contribution is 5.49. The predicted molar refractivity (Wildman–Crippen MR) is 64.7 cm³/mol. The Kier molecular flexibility index (Phi) is 2.18. The number of hydrogen-bond acceptors (Lipinski definition) is 2. The first-order valence-corrected chi connectivity index (χ1v) is 5.79. The zero-order valence-corrected chi connectivity index (χ0v) is 9.70. The van der Waals surface area contributed by atoms with Crippen LogP contribution in [-0.4, -0.2) is 9.78 Å². The van der Waals surface area contributed by atoms with Crippen LogP contribution in [0, 0.1) is 12.7 Å². The minimum Gasteiger partial charge on any atom is -0.382 e. The molecule has 1 aromatic carbocycles. The fourth-order valence-electron chi connectivity index (χ4n) is 2.44. The van der Waals surface area contributed by atoms with E-state index in [9.17, 15) is 4.39 Å². The van der Waals surface area contributed by atoms with Gasteiger partial charge in [-0.1, -0.05) is 0 Å². The molecule has 2 N–H and O–H groups in total. The van der Waals surface area contributed by atoms with Gasteiger partial charge in [0.15, 0.2) is 0 Å². The van der Waals surface area contributed by atoms with Gasteiger partial charge in [-0.25, -0.2) is 9.07 Å². The SMILES string of the molecule is Cc1cc(-n2nc(N)c3c2CCC3)ccc1F. The van der Waals surface area contributed by atoms with Crippen molar-refractivity contribution in [3.05, 3.63) is 40.8 Å². The molecule has 0 amide bonds. The highest BCUT2D eigenvalue weighted by Gasteiger charge is 2.21. The van der Waals surface area contributed by atoms with E-state index in [0.717, 1.165) is 30.5 Å². The fourth-order valence-corrected chi connectivity index (χ4v) is 2.44. The number of aromatic nitrogens is 2. The third-order valence-corrected chi connectivity index (χ3v) is 3.35. The van der Waals surface area contributed by atoms with Crippen LogP contribution in [0.5, 0.6) is 0 Å². The molecule has 0 fully saturated rings. The van der Waals surface area contributed by atoms with Gasteiger partial charge in [0.2, 0.25) is 0 Å². The summed E-state index contributed by atoms with van der Waals surface area (Å²) in [5, 5.41) is 4.35. The molecule has 0 aliphatic heterocycles. The zero-order valence-electron chi connectivity index (χ0n) is 9.70. The van der Waals surface area contributed by atoms with Crippen LogP contribution in [0.4, 0.5) is 10.2 Å². The van der Waals surface area contributed by atoms with E-state index < -0.39 is 0 Å². The molecule has 0 bridgehead atoms. The Morgan fingerprint density at radius 1 is 1.35 bits per heavy atom. The molecule has 0 unspecified atom stereocenters. The van der Waals surface area contributed by atoms with Gasteiger partial charge in [0.05, 0.1) is 5.69 Å². The van der Waals surface area contributed by atoms with E-state index in [4.69, 9.17) is 5.73 Å². The van der Waals surface area contributed by atoms with Gasteiger partial charge < -0.3 is 5.73 Å². The zero-order chi connectivity index (χ0) is 12.0. The first-order chi connectivity index (χ1) is 8.16. The van der Waals surface area contributed by atoms with E-state index >= 15 is 0 Å². The lowest BCUT2D eigenvalue weighted by Gasteiger charge is -2.06. The number of aryl methyl sites for hydroxylation is 1. The first-order valence-electron chi connectivity index (χ1n) is 5.79. The van der Waals surface area contributed by atoms with Gasteiger partial charge in [0, 0.05) is 11.3 Å². The molecule has 0 atom stereocenters. The Bertz CT molecular complexity index is 587. The van der Waals surface area contributed by atoms with Gasteiger partial charge in [0.25, 0.3) is 0 Å². The summed E-state index contributed by atoms with van der Waals surface area (Å²) in [7, 11) is 0. The molecule has 1 heterocycles. The van der Waals surface area contributed by atoms with Crippen molar-refractivity contribution in [2.75, 3.05) is 5.73 Å². The Balaban J connectivity index is 2.15. The lowest BCUT2D eigenvalue weighted by atomic mass is 10.2. The molecule has 1 aliphatic rings. The van der Waals surface area contributed by atoms with Gasteiger partial charge in [-0.3, -0.25) is 0 Å². The Morgan fingerprint density at radius 3 is 2.94 bits per heavy atom. The summed E-state index contributed by atoms with van der Waals surface area (Å²) in [5.74, 6) is 0.421. The highest BCUT2D eigenvalue weighted by Crippen LogP contribution is 2.29. The van der Waals surface area contributed by atoms with Gasteiger partial charge in [-0.05, 0) is 49.9 Å². The lowest BCUT2D eigenvalue weighted by Crippen LogP contribution is -2.02. The van der Waals surface area contributed by atoms with Crippen LogP contribution in [0.3, 0.4) is 0 Å². The smallest absolute Gasteiger partial charge is 0.149 e. The molecule has 2 aromatic rings. The molecule has 0 saturated carbocycles. The minimum absolute atomic E-state index is 0.189. The van der Waals surface area contributed by atoms with E-state index in [0.29, 0.717) is 11.4 Å². The first kappa shape index (κ1) is 10.3. The molecule has 0 spiro atoms. The molecule has 0 saturated heterocycles. The van der Waals surface area contributed by atoms with Gasteiger partial charge in [-0.15, -0.1) is 0 Å².